The summed E-state index contributed by atoms with van der Waals surface area (Å²) in [6.07, 6.45) is 3.22. The van der Waals surface area contributed by atoms with Crippen LogP contribution in [0.2, 0.25) is 0 Å². The van der Waals surface area contributed by atoms with Gasteiger partial charge in [0.05, 0.1) is 12.8 Å². The van der Waals surface area contributed by atoms with E-state index in [-0.39, 0.29) is 11.6 Å². The molecule has 1 aromatic carbocycles. The molecule has 114 valence electrons. The molecule has 0 saturated carbocycles. The average Bonchev–Trinajstić information content (AvgIpc) is 2.53. The second kappa shape index (κ2) is 7.21. The van der Waals surface area contributed by atoms with Gasteiger partial charge in [-0.05, 0) is 30.7 Å². The summed E-state index contributed by atoms with van der Waals surface area (Å²) in [5.74, 6) is 0.648. The predicted molar refractivity (Wildman–Crippen MR) is 86.4 cm³/mol. The first-order valence-electron chi connectivity index (χ1n) is 6.78. The van der Waals surface area contributed by atoms with Crippen molar-refractivity contribution in [1.82, 2.24) is 9.97 Å². The van der Waals surface area contributed by atoms with E-state index in [0.29, 0.717) is 23.9 Å². The summed E-state index contributed by atoms with van der Waals surface area (Å²) in [6.45, 7) is 6.07. The topological polar surface area (TPSA) is 76.1 Å². The van der Waals surface area contributed by atoms with Crippen molar-refractivity contribution in [3.8, 4) is 5.75 Å². The van der Waals surface area contributed by atoms with Gasteiger partial charge in [-0.2, -0.15) is 0 Å². The monoisotopic (exact) mass is 298 g/mol. The van der Waals surface area contributed by atoms with Crippen LogP contribution in [0.5, 0.6) is 5.75 Å². The number of carbonyl (C=O) groups excluding carboxylic acids is 1. The smallest absolute Gasteiger partial charge is 0.274 e. The van der Waals surface area contributed by atoms with E-state index in [9.17, 15) is 4.79 Å². The van der Waals surface area contributed by atoms with Crippen LogP contribution in [0, 0.1) is 6.92 Å². The highest BCUT2D eigenvalue weighted by Crippen LogP contribution is 2.25. The van der Waals surface area contributed by atoms with E-state index in [0.717, 1.165) is 5.56 Å². The number of nitrogens with one attached hydrogen (secondary N) is 2. The van der Waals surface area contributed by atoms with Gasteiger partial charge in [0.25, 0.3) is 5.91 Å². The van der Waals surface area contributed by atoms with Crippen molar-refractivity contribution in [2.75, 3.05) is 24.3 Å². The number of carbonyl (C=O) groups is 1. The van der Waals surface area contributed by atoms with Crippen LogP contribution in [0.25, 0.3) is 0 Å². The number of hydrogen-bond acceptors (Lipinski definition) is 5. The van der Waals surface area contributed by atoms with Crippen LogP contribution >= 0.6 is 0 Å². The number of nitrogens with zero attached hydrogens (tertiary/aromatic N) is 2. The average molecular weight is 298 g/mol. The molecular weight excluding hydrogens is 280 g/mol. The molecule has 0 bridgehead atoms. The van der Waals surface area contributed by atoms with Crippen LogP contribution in [0.3, 0.4) is 0 Å². The maximum Gasteiger partial charge on any atom is 0.274 e. The van der Waals surface area contributed by atoms with E-state index in [1.165, 1.54) is 6.20 Å². The van der Waals surface area contributed by atoms with Crippen LogP contribution in [0.1, 0.15) is 16.1 Å². The van der Waals surface area contributed by atoms with Crippen molar-refractivity contribution >= 4 is 17.5 Å². The molecule has 0 fully saturated rings. The van der Waals surface area contributed by atoms with Crippen LogP contribution in [0.15, 0.2) is 43.1 Å². The highest BCUT2D eigenvalue weighted by molar-refractivity contribution is 6.03. The molecular formula is C16H18N4O2. The molecule has 0 atom stereocenters. The number of hydrogen-bond donors (Lipinski definition) is 2. The highest BCUT2D eigenvalue weighted by Gasteiger charge is 2.12. The molecule has 0 aliphatic heterocycles. The van der Waals surface area contributed by atoms with E-state index >= 15 is 0 Å². The van der Waals surface area contributed by atoms with Crippen molar-refractivity contribution in [1.29, 1.82) is 0 Å². The molecule has 0 radical (unpaired) electrons. The standard InChI is InChI=1S/C16H18N4O2/c1-4-8-17-16-18-9-7-12(20-16)15(21)19-13-10-11(2)5-6-14(13)22-3/h4-7,9-10H,1,8H2,2-3H3,(H,19,21)(H,17,18,20). The summed E-state index contributed by atoms with van der Waals surface area (Å²) in [7, 11) is 1.56. The number of anilines is 2. The maximum absolute atomic E-state index is 12.3. The third-order valence-corrected chi connectivity index (χ3v) is 2.90. The number of ether oxygens (including phenoxy) is 1. The first kappa shape index (κ1) is 15.5. The highest BCUT2D eigenvalue weighted by atomic mass is 16.5. The fourth-order valence-electron chi connectivity index (χ4n) is 1.84. The first-order chi connectivity index (χ1) is 10.6. The molecule has 1 amide bonds. The van der Waals surface area contributed by atoms with Gasteiger partial charge in [0, 0.05) is 12.7 Å². The van der Waals surface area contributed by atoms with Crippen LogP contribution in [0.4, 0.5) is 11.6 Å². The Kier molecular flexibility index (Phi) is 5.08. The lowest BCUT2D eigenvalue weighted by Crippen LogP contribution is -2.16. The number of aryl methyl sites for hydroxylation is 1. The SMILES string of the molecule is C=CCNc1nccc(C(=O)Nc2cc(C)ccc2OC)n1. The van der Waals surface area contributed by atoms with Crippen molar-refractivity contribution in [3.05, 3.63) is 54.4 Å². The van der Waals surface area contributed by atoms with Crippen LogP contribution in [-0.4, -0.2) is 29.5 Å². The minimum Gasteiger partial charge on any atom is -0.495 e. The zero-order chi connectivity index (χ0) is 15.9. The maximum atomic E-state index is 12.3. The van der Waals surface area contributed by atoms with Crippen LogP contribution in [-0.2, 0) is 0 Å². The summed E-state index contributed by atoms with van der Waals surface area (Å²) in [6, 6.07) is 7.12. The minimum atomic E-state index is -0.326. The van der Waals surface area contributed by atoms with Gasteiger partial charge >= 0.3 is 0 Å². The van der Waals surface area contributed by atoms with Gasteiger partial charge in [-0.1, -0.05) is 12.1 Å². The van der Waals surface area contributed by atoms with Gasteiger partial charge in [0.1, 0.15) is 11.4 Å². The molecule has 0 aliphatic carbocycles. The molecule has 6 heteroatoms. The number of benzene rings is 1. The minimum absolute atomic E-state index is 0.269. The first-order valence-corrected chi connectivity index (χ1v) is 6.78. The second-order valence-electron chi connectivity index (χ2n) is 4.59. The van der Waals surface area contributed by atoms with E-state index in [2.05, 4.69) is 27.2 Å². The Morgan fingerprint density at radius 1 is 1.41 bits per heavy atom. The van der Waals surface area contributed by atoms with Gasteiger partial charge in [0.15, 0.2) is 0 Å². The van der Waals surface area contributed by atoms with Gasteiger partial charge in [-0.25, -0.2) is 9.97 Å². The molecule has 22 heavy (non-hydrogen) atoms. The van der Waals surface area contributed by atoms with Gasteiger partial charge in [0.2, 0.25) is 5.95 Å². The molecule has 0 saturated heterocycles. The Labute approximate surface area is 129 Å². The van der Waals surface area contributed by atoms with E-state index in [1.807, 2.05) is 25.1 Å². The number of rotatable bonds is 6. The number of methoxy groups -OCH3 is 1. The molecule has 2 N–H and O–H groups in total. The Balaban J connectivity index is 2.18. The third kappa shape index (κ3) is 3.82. The molecule has 0 aliphatic rings. The lowest BCUT2D eigenvalue weighted by Gasteiger charge is -2.11. The Morgan fingerprint density at radius 2 is 2.23 bits per heavy atom. The van der Waals surface area contributed by atoms with Gasteiger partial charge in [-0.3, -0.25) is 4.79 Å². The van der Waals surface area contributed by atoms with E-state index in [1.54, 1.807) is 19.3 Å². The number of amides is 1. The second-order valence-corrected chi connectivity index (χ2v) is 4.59. The third-order valence-electron chi connectivity index (χ3n) is 2.90. The predicted octanol–water partition coefficient (Wildman–Crippen LogP) is 2.64. The number of aromatic nitrogens is 2. The largest absolute Gasteiger partial charge is 0.495 e. The van der Waals surface area contributed by atoms with Gasteiger partial charge < -0.3 is 15.4 Å². The summed E-state index contributed by atoms with van der Waals surface area (Å²) >= 11 is 0. The molecule has 1 heterocycles. The van der Waals surface area contributed by atoms with Crippen molar-refractivity contribution in [3.63, 3.8) is 0 Å². The summed E-state index contributed by atoms with van der Waals surface area (Å²) in [4.78, 5) is 20.5. The van der Waals surface area contributed by atoms with Crippen molar-refractivity contribution in [2.24, 2.45) is 0 Å². The quantitative estimate of drug-likeness (QED) is 0.802. The summed E-state index contributed by atoms with van der Waals surface area (Å²) in [5.41, 5.74) is 1.89. The van der Waals surface area contributed by atoms with E-state index in [4.69, 9.17) is 4.74 Å². The molecule has 0 unspecified atom stereocenters. The zero-order valence-corrected chi connectivity index (χ0v) is 12.6. The summed E-state index contributed by atoms with van der Waals surface area (Å²) in [5, 5.41) is 5.74. The molecule has 2 rings (SSSR count). The normalized spacial score (nSPS) is 9.91. The fourth-order valence-corrected chi connectivity index (χ4v) is 1.84. The van der Waals surface area contributed by atoms with E-state index < -0.39 is 0 Å². The van der Waals surface area contributed by atoms with Crippen LogP contribution < -0.4 is 15.4 Å². The molecule has 6 nitrogen and oxygen atoms in total. The Hall–Kier alpha value is -2.89. The zero-order valence-electron chi connectivity index (χ0n) is 12.6. The lowest BCUT2D eigenvalue weighted by atomic mass is 10.2. The van der Waals surface area contributed by atoms with Gasteiger partial charge in [-0.15, -0.1) is 6.58 Å². The molecule has 0 spiro atoms. The summed E-state index contributed by atoms with van der Waals surface area (Å²) < 4.78 is 5.24. The Morgan fingerprint density at radius 3 is 2.95 bits per heavy atom. The Bertz CT molecular complexity index is 686. The lowest BCUT2D eigenvalue weighted by molar-refractivity contribution is 0.102. The molecule has 1 aromatic heterocycles. The van der Waals surface area contributed by atoms with Crippen molar-refractivity contribution in [2.45, 2.75) is 6.92 Å². The van der Waals surface area contributed by atoms with Crippen molar-refractivity contribution < 1.29 is 9.53 Å². The fraction of sp³-hybridized carbons (Fsp3) is 0.188. The molecule has 2 aromatic rings.